The fourth-order valence-corrected chi connectivity index (χ4v) is 2.77. The van der Waals surface area contributed by atoms with Crippen molar-refractivity contribution in [1.82, 2.24) is 15.0 Å². The van der Waals surface area contributed by atoms with Crippen molar-refractivity contribution in [2.45, 2.75) is 13.0 Å². The predicted octanol–water partition coefficient (Wildman–Crippen LogP) is 1.92. The molecule has 0 radical (unpaired) electrons. The Morgan fingerprint density at radius 1 is 1.25 bits per heavy atom. The summed E-state index contributed by atoms with van der Waals surface area (Å²) in [6.07, 6.45) is -0.960. The molecule has 1 aromatic carbocycles. The summed E-state index contributed by atoms with van der Waals surface area (Å²) in [5.74, 6) is -0.456. The average molecular weight is 333 g/mol. The van der Waals surface area contributed by atoms with Crippen molar-refractivity contribution in [2.75, 3.05) is 33.2 Å². The summed E-state index contributed by atoms with van der Waals surface area (Å²) >= 11 is 0. The van der Waals surface area contributed by atoms with Crippen LogP contribution in [-0.2, 0) is 0 Å². The number of carbonyl (C=O) groups is 1. The maximum absolute atomic E-state index is 13.2. The van der Waals surface area contributed by atoms with E-state index in [-0.39, 0.29) is 23.0 Å². The molecule has 0 bridgehead atoms. The zero-order chi connectivity index (χ0) is 17.3. The number of likely N-dealkylation sites (N-methyl/N-ethyl adjacent to an activating group) is 1. The van der Waals surface area contributed by atoms with E-state index in [1.165, 1.54) is 19.1 Å². The molecule has 128 valence electrons. The van der Waals surface area contributed by atoms with Gasteiger partial charge < -0.3 is 19.4 Å². The van der Waals surface area contributed by atoms with Crippen LogP contribution in [0.5, 0.6) is 0 Å². The fourth-order valence-electron chi connectivity index (χ4n) is 2.77. The smallest absolute Gasteiger partial charge is 0.259 e. The molecule has 0 aliphatic carbocycles. The average Bonchev–Trinajstić information content (AvgIpc) is 3.01. The highest BCUT2D eigenvalue weighted by atomic mass is 19.1. The minimum absolute atomic E-state index is 0.137. The van der Waals surface area contributed by atoms with Gasteiger partial charge in [-0.3, -0.25) is 4.79 Å². The number of aromatic nitrogens is 1. The van der Waals surface area contributed by atoms with Gasteiger partial charge in [0.05, 0.1) is 0 Å². The molecule has 0 saturated carbocycles. The van der Waals surface area contributed by atoms with Gasteiger partial charge in [-0.2, -0.15) is 0 Å². The molecule has 2 aromatic rings. The lowest BCUT2D eigenvalue weighted by molar-refractivity contribution is 0.0654. The first kappa shape index (κ1) is 16.6. The van der Waals surface area contributed by atoms with E-state index in [9.17, 15) is 14.3 Å². The van der Waals surface area contributed by atoms with Crippen molar-refractivity contribution in [3.63, 3.8) is 0 Å². The SMILES string of the molecule is CC(O)c1onc(-c2ccc(F)cc2)c1C(=O)N1CCN(C)CC1. The van der Waals surface area contributed by atoms with Crippen LogP contribution in [0, 0.1) is 5.82 Å². The van der Waals surface area contributed by atoms with Crippen molar-refractivity contribution >= 4 is 5.91 Å². The molecule has 2 heterocycles. The quantitative estimate of drug-likeness (QED) is 0.929. The number of amides is 1. The number of hydrogen-bond donors (Lipinski definition) is 1. The highest BCUT2D eigenvalue weighted by molar-refractivity contribution is 6.01. The third-order valence-corrected chi connectivity index (χ3v) is 4.22. The molecule has 24 heavy (non-hydrogen) atoms. The number of halogens is 1. The summed E-state index contributed by atoms with van der Waals surface area (Å²) in [4.78, 5) is 16.9. The van der Waals surface area contributed by atoms with Crippen LogP contribution in [0.15, 0.2) is 28.8 Å². The van der Waals surface area contributed by atoms with Gasteiger partial charge in [-0.05, 0) is 38.2 Å². The van der Waals surface area contributed by atoms with Crippen molar-refractivity contribution < 1.29 is 18.8 Å². The molecule has 7 heteroatoms. The summed E-state index contributed by atoms with van der Waals surface area (Å²) in [6, 6.07) is 5.69. The Bertz CT molecular complexity index is 719. The molecule has 1 aromatic heterocycles. The van der Waals surface area contributed by atoms with E-state index in [1.54, 1.807) is 17.0 Å². The van der Waals surface area contributed by atoms with E-state index >= 15 is 0 Å². The molecule has 1 fully saturated rings. The predicted molar refractivity (Wildman–Crippen MR) is 85.9 cm³/mol. The van der Waals surface area contributed by atoms with Gasteiger partial charge in [-0.15, -0.1) is 0 Å². The summed E-state index contributed by atoms with van der Waals surface area (Å²) in [5, 5.41) is 13.9. The first-order valence-corrected chi connectivity index (χ1v) is 7.88. The standard InChI is InChI=1S/C17H20FN3O3/c1-11(22)16-14(17(23)21-9-7-20(2)8-10-21)15(19-24-16)12-3-5-13(18)6-4-12/h3-6,11,22H,7-10H2,1-2H3. The van der Waals surface area contributed by atoms with E-state index in [0.29, 0.717) is 24.3 Å². The number of rotatable bonds is 3. The van der Waals surface area contributed by atoms with Crippen LogP contribution >= 0.6 is 0 Å². The Morgan fingerprint density at radius 2 is 1.88 bits per heavy atom. The lowest BCUT2D eigenvalue weighted by Gasteiger charge is -2.32. The van der Waals surface area contributed by atoms with Crippen LogP contribution in [-0.4, -0.2) is 59.2 Å². The monoisotopic (exact) mass is 333 g/mol. The van der Waals surface area contributed by atoms with Gasteiger partial charge in [0.2, 0.25) is 0 Å². The number of nitrogens with zero attached hydrogens (tertiary/aromatic N) is 3. The Balaban J connectivity index is 1.99. The van der Waals surface area contributed by atoms with Crippen LogP contribution in [0.25, 0.3) is 11.3 Å². The highest BCUT2D eigenvalue weighted by Crippen LogP contribution is 2.30. The maximum atomic E-state index is 13.2. The largest absolute Gasteiger partial charge is 0.385 e. The summed E-state index contributed by atoms with van der Waals surface area (Å²) in [7, 11) is 2.01. The second kappa shape index (κ2) is 6.70. The van der Waals surface area contributed by atoms with Crippen molar-refractivity contribution in [3.05, 3.63) is 41.4 Å². The van der Waals surface area contributed by atoms with Gasteiger partial charge in [0.15, 0.2) is 5.76 Å². The zero-order valence-electron chi connectivity index (χ0n) is 13.7. The van der Waals surface area contributed by atoms with Gasteiger partial charge in [-0.1, -0.05) is 5.16 Å². The molecular formula is C17H20FN3O3. The van der Waals surface area contributed by atoms with Crippen LogP contribution in [0.3, 0.4) is 0 Å². The lowest BCUT2D eigenvalue weighted by Crippen LogP contribution is -2.47. The van der Waals surface area contributed by atoms with Gasteiger partial charge in [0, 0.05) is 31.7 Å². The zero-order valence-corrected chi connectivity index (χ0v) is 13.7. The van der Waals surface area contributed by atoms with Crippen molar-refractivity contribution in [2.24, 2.45) is 0 Å². The topological polar surface area (TPSA) is 69.8 Å². The first-order chi connectivity index (χ1) is 11.5. The van der Waals surface area contributed by atoms with Crippen LogP contribution in [0.1, 0.15) is 29.1 Å². The molecule has 1 atom stereocenters. The molecule has 1 unspecified atom stereocenters. The van der Waals surface area contributed by atoms with Gasteiger partial charge in [0.1, 0.15) is 23.2 Å². The van der Waals surface area contributed by atoms with Crippen LogP contribution in [0.4, 0.5) is 4.39 Å². The number of aliphatic hydroxyl groups excluding tert-OH is 1. The van der Waals surface area contributed by atoms with E-state index in [4.69, 9.17) is 4.52 Å². The third-order valence-electron chi connectivity index (χ3n) is 4.22. The lowest BCUT2D eigenvalue weighted by atomic mass is 10.0. The van der Waals surface area contributed by atoms with Crippen molar-refractivity contribution in [1.29, 1.82) is 0 Å². The third kappa shape index (κ3) is 3.18. The second-order valence-corrected chi connectivity index (χ2v) is 6.05. The van der Waals surface area contributed by atoms with Crippen LogP contribution < -0.4 is 0 Å². The Hall–Kier alpha value is -2.25. The van der Waals surface area contributed by atoms with Gasteiger partial charge >= 0.3 is 0 Å². The number of hydrogen-bond acceptors (Lipinski definition) is 5. The minimum atomic E-state index is -0.960. The molecule has 3 rings (SSSR count). The number of piperazine rings is 1. The molecule has 1 aliphatic rings. The Morgan fingerprint density at radius 3 is 2.46 bits per heavy atom. The van der Waals surface area contributed by atoms with Gasteiger partial charge in [-0.25, -0.2) is 4.39 Å². The second-order valence-electron chi connectivity index (χ2n) is 6.05. The Kier molecular flexibility index (Phi) is 4.64. The highest BCUT2D eigenvalue weighted by Gasteiger charge is 2.31. The molecule has 1 N–H and O–H groups in total. The molecule has 1 amide bonds. The Labute approximate surface area is 139 Å². The molecule has 6 nitrogen and oxygen atoms in total. The molecule has 1 saturated heterocycles. The first-order valence-electron chi connectivity index (χ1n) is 7.88. The minimum Gasteiger partial charge on any atom is -0.385 e. The molecule has 1 aliphatic heterocycles. The van der Waals surface area contributed by atoms with E-state index in [2.05, 4.69) is 10.1 Å². The summed E-state index contributed by atoms with van der Waals surface area (Å²) in [6.45, 7) is 4.29. The van der Waals surface area contributed by atoms with Crippen molar-refractivity contribution in [3.8, 4) is 11.3 Å². The number of aliphatic hydroxyl groups is 1. The van der Waals surface area contributed by atoms with E-state index in [0.717, 1.165) is 13.1 Å². The summed E-state index contributed by atoms with van der Waals surface area (Å²) in [5.41, 5.74) is 1.15. The summed E-state index contributed by atoms with van der Waals surface area (Å²) < 4.78 is 18.4. The fraction of sp³-hybridized carbons (Fsp3) is 0.412. The number of carbonyl (C=O) groups excluding carboxylic acids is 1. The van der Waals surface area contributed by atoms with Crippen LogP contribution in [0.2, 0.25) is 0 Å². The van der Waals surface area contributed by atoms with Gasteiger partial charge in [0.25, 0.3) is 5.91 Å². The molecular weight excluding hydrogens is 313 g/mol. The van der Waals surface area contributed by atoms with E-state index in [1.807, 2.05) is 7.05 Å². The van der Waals surface area contributed by atoms with E-state index < -0.39 is 6.10 Å². The maximum Gasteiger partial charge on any atom is 0.259 e. The normalized spacial score (nSPS) is 17.1. The number of benzene rings is 1. The molecule has 0 spiro atoms.